The number of halogens is 1. The van der Waals surface area contributed by atoms with Crippen molar-refractivity contribution < 1.29 is 13.2 Å². The lowest BCUT2D eigenvalue weighted by Gasteiger charge is -2.21. The normalized spacial score (nSPS) is 11.7. The fourth-order valence-corrected chi connectivity index (χ4v) is 6.06. The summed E-state index contributed by atoms with van der Waals surface area (Å²) in [5, 5.41) is 1.07. The Balaban J connectivity index is 1.64. The first kappa shape index (κ1) is 27.1. The lowest BCUT2D eigenvalue weighted by atomic mass is 10.1. The average molecular weight is 557 g/mol. The molecule has 0 atom stereocenters. The second-order valence-electron chi connectivity index (χ2n) is 9.15. The molecule has 0 aliphatic heterocycles. The molecule has 0 aliphatic rings. The van der Waals surface area contributed by atoms with Gasteiger partial charge in [-0.15, -0.1) is 0 Å². The zero-order valence-corrected chi connectivity index (χ0v) is 23.5. The quantitative estimate of drug-likeness (QED) is 0.275. The largest absolute Gasteiger partial charge is 0.309 e. The van der Waals surface area contributed by atoms with Crippen LogP contribution in [0.25, 0.3) is 10.2 Å². The number of carbonyl (C=O) groups is 1. The van der Waals surface area contributed by atoms with E-state index in [2.05, 4.69) is 22.6 Å². The van der Waals surface area contributed by atoms with Crippen molar-refractivity contribution in [2.75, 3.05) is 36.8 Å². The van der Waals surface area contributed by atoms with E-state index in [0.29, 0.717) is 27.9 Å². The number of anilines is 2. The molecule has 194 valence electrons. The summed E-state index contributed by atoms with van der Waals surface area (Å²) in [5.41, 5.74) is 3.85. The van der Waals surface area contributed by atoms with Crippen molar-refractivity contribution in [3.63, 3.8) is 0 Å². The van der Waals surface area contributed by atoms with Gasteiger partial charge in [-0.3, -0.25) is 14.4 Å². The molecule has 4 rings (SSSR count). The summed E-state index contributed by atoms with van der Waals surface area (Å²) in [5.74, 6) is -0.237. The van der Waals surface area contributed by atoms with Gasteiger partial charge in [0.1, 0.15) is 0 Å². The molecule has 0 fully saturated rings. The third kappa shape index (κ3) is 6.48. The van der Waals surface area contributed by atoms with Gasteiger partial charge in [-0.1, -0.05) is 29.0 Å². The number of hydrogen-bond acceptors (Lipinski definition) is 6. The van der Waals surface area contributed by atoms with Gasteiger partial charge in [0.05, 0.1) is 15.1 Å². The Hall–Kier alpha value is -2.98. The van der Waals surface area contributed by atoms with Crippen molar-refractivity contribution >= 4 is 59.9 Å². The molecule has 1 N–H and O–H groups in total. The predicted octanol–water partition coefficient (Wildman–Crippen LogP) is 5.97. The lowest BCUT2D eigenvalue weighted by Crippen LogP contribution is -2.33. The zero-order valence-electron chi connectivity index (χ0n) is 21.2. The Morgan fingerprint density at radius 3 is 2.41 bits per heavy atom. The molecular formula is C27H29ClN4O3S2. The Morgan fingerprint density at radius 1 is 1.00 bits per heavy atom. The number of amides is 1. The number of aromatic nitrogens is 1. The van der Waals surface area contributed by atoms with E-state index in [1.165, 1.54) is 41.2 Å². The first-order chi connectivity index (χ1) is 17.5. The van der Waals surface area contributed by atoms with E-state index in [0.717, 1.165) is 28.7 Å². The van der Waals surface area contributed by atoms with Crippen molar-refractivity contribution in [1.29, 1.82) is 0 Å². The number of rotatable bonds is 9. The van der Waals surface area contributed by atoms with Gasteiger partial charge in [-0.05, 0) is 107 Å². The third-order valence-electron chi connectivity index (χ3n) is 5.94. The Kier molecular flexibility index (Phi) is 8.18. The second kappa shape index (κ2) is 11.2. The van der Waals surface area contributed by atoms with E-state index in [-0.39, 0.29) is 10.8 Å². The minimum atomic E-state index is -3.84. The minimum Gasteiger partial charge on any atom is -0.309 e. The van der Waals surface area contributed by atoms with Crippen LogP contribution in [0.4, 0.5) is 10.8 Å². The van der Waals surface area contributed by atoms with Crippen molar-refractivity contribution in [2.24, 2.45) is 0 Å². The van der Waals surface area contributed by atoms with Crippen LogP contribution >= 0.6 is 22.9 Å². The van der Waals surface area contributed by atoms with Gasteiger partial charge in [-0.25, -0.2) is 13.4 Å². The van der Waals surface area contributed by atoms with Crippen LogP contribution < -0.4 is 9.62 Å². The molecule has 10 heteroatoms. The molecule has 3 aromatic carbocycles. The number of carbonyl (C=O) groups excluding carboxylic acids is 1. The van der Waals surface area contributed by atoms with Gasteiger partial charge < -0.3 is 4.90 Å². The van der Waals surface area contributed by atoms with Crippen molar-refractivity contribution in [3.8, 4) is 0 Å². The van der Waals surface area contributed by atoms with Gasteiger partial charge >= 0.3 is 0 Å². The van der Waals surface area contributed by atoms with Crippen molar-refractivity contribution in [3.05, 3.63) is 82.4 Å². The van der Waals surface area contributed by atoms with E-state index in [1.807, 2.05) is 27.1 Å². The first-order valence-electron chi connectivity index (χ1n) is 11.8. The SMILES string of the molecule is Cc1cc2nc(N(CCCN(C)C)C(=O)c3cccc(NS(=O)(=O)c4ccc(Cl)cc4)c3)sc2cc1C. The second-order valence-corrected chi connectivity index (χ2v) is 12.3. The van der Waals surface area contributed by atoms with Crippen molar-refractivity contribution in [2.45, 2.75) is 25.2 Å². The molecule has 4 aromatic rings. The fourth-order valence-electron chi connectivity index (χ4n) is 3.81. The average Bonchev–Trinajstić information content (AvgIpc) is 3.24. The fraction of sp³-hybridized carbons (Fsp3) is 0.259. The summed E-state index contributed by atoms with van der Waals surface area (Å²) >= 11 is 7.37. The highest BCUT2D eigenvalue weighted by Gasteiger charge is 2.23. The molecule has 1 heterocycles. The molecule has 0 bridgehead atoms. The molecule has 1 amide bonds. The van der Waals surface area contributed by atoms with Gasteiger partial charge in [-0.2, -0.15) is 0 Å². The predicted molar refractivity (Wildman–Crippen MR) is 153 cm³/mol. The molecule has 0 aliphatic carbocycles. The molecule has 0 saturated carbocycles. The number of sulfonamides is 1. The summed E-state index contributed by atoms with van der Waals surface area (Å²) < 4.78 is 29.3. The molecule has 1 aromatic heterocycles. The number of aryl methyl sites for hydroxylation is 2. The molecule has 0 radical (unpaired) electrons. The zero-order chi connectivity index (χ0) is 26.7. The number of hydrogen-bond donors (Lipinski definition) is 1. The van der Waals surface area contributed by atoms with Crippen LogP contribution in [0.2, 0.25) is 5.02 Å². The van der Waals surface area contributed by atoms with Crippen LogP contribution in [0.3, 0.4) is 0 Å². The molecule has 0 spiro atoms. The standard InChI is InChI=1S/C27H29ClN4O3S2/c1-18-15-24-25(16-19(18)2)36-27(29-24)32(14-6-13-31(3)4)26(33)20-7-5-8-22(17-20)30-37(34,35)23-11-9-21(28)10-12-23/h5,7-12,15-17,30H,6,13-14H2,1-4H3. The van der Waals surface area contributed by atoms with E-state index in [4.69, 9.17) is 16.6 Å². The maximum absolute atomic E-state index is 13.7. The third-order valence-corrected chi connectivity index (χ3v) is 8.63. The summed E-state index contributed by atoms with van der Waals surface area (Å²) in [7, 11) is 0.140. The van der Waals surface area contributed by atoms with E-state index in [9.17, 15) is 13.2 Å². The number of thiazole rings is 1. The molecule has 0 saturated heterocycles. The van der Waals surface area contributed by atoms with Gasteiger partial charge in [0.2, 0.25) is 0 Å². The highest BCUT2D eigenvalue weighted by Crippen LogP contribution is 2.32. The van der Waals surface area contributed by atoms with Gasteiger partial charge in [0.25, 0.3) is 15.9 Å². The summed E-state index contributed by atoms with van der Waals surface area (Å²) in [6.45, 7) is 5.40. The number of nitrogens with one attached hydrogen (secondary N) is 1. The van der Waals surface area contributed by atoms with E-state index >= 15 is 0 Å². The van der Waals surface area contributed by atoms with Crippen LogP contribution in [0.5, 0.6) is 0 Å². The lowest BCUT2D eigenvalue weighted by molar-refractivity contribution is 0.0986. The first-order valence-corrected chi connectivity index (χ1v) is 14.4. The molecule has 37 heavy (non-hydrogen) atoms. The monoisotopic (exact) mass is 556 g/mol. The molecule has 0 unspecified atom stereocenters. The Labute approximate surface area is 226 Å². The summed E-state index contributed by atoms with van der Waals surface area (Å²) in [6, 6.07) is 16.6. The van der Waals surface area contributed by atoms with Gasteiger partial charge in [0.15, 0.2) is 5.13 Å². The minimum absolute atomic E-state index is 0.0824. The molecular weight excluding hydrogens is 528 g/mol. The van der Waals surface area contributed by atoms with Crippen LogP contribution in [0.15, 0.2) is 65.6 Å². The summed E-state index contributed by atoms with van der Waals surface area (Å²) in [4.78, 5) is 22.4. The van der Waals surface area contributed by atoms with Gasteiger partial charge in [0, 0.05) is 22.8 Å². The number of benzene rings is 3. The highest BCUT2D eigenvalue weighted by molar-refractivity contribution is 7.92. The van der Waals surface area contributed by atoms with Crippen LogP contribution in [0.1, 0.15) is 27.9 Å². The maximum Gasteiger partial charge on any atom is 0.261 e. The summed E-state index contributed by atoms with van der Waals surface area (Å²) in [6.07, 6.45) is 0.760. The van der Waals surface area contributed by atoms with E-state index in [1.54, 1.807) is 29.2 Å². The Morgan fingerprint density at radius 2 is 1.70 bits per heavy atom. The highest BCUT2D eigenvalue weighted by atomic mass is 35.5. The van der Waals surface area contributed by atoms with Crippen LogP contribution in [-0.4, -0.2) is 51.4 Å². The van der Waals surface area contributed by atoms with E-state index < -0.39 is 10.0 Å². The van der Waals surface area contributed by atoms with Crippen LogP contribution in [-0.2, 0) is 10.0 Å². The van der Waals surface area contributed by atoms with Crippen molar-refractivity contribution in [1.82, 2.24) is 9.88 Å². The number of fused-ring (bicyclic) bond motifs is 1. The molecule has 7 nitrogen and oxygen atoms in total. The maximum atomic E-state index is 13.7. The topological polar surface area (TPSA) is 82.6 Å². The smallest absolute Gasteiger partial charge is 0.261 e. The Bertz CT molecular complexity index is 1490. The van der Waals surface area contributed by atoms with Crippen LogP contribution in [0, 0.1) is 13.8 Å². The number of nitrogens with zero attached hydrogens (tertiary/aromatic N) is 3.